The van der Waals surface area contributed by atoms with Crippen molar-refractivity contribution in [2.24, 2.45) is 0 Å². The van der Waals surface area contributed by atoms with Crippen molar-refractivity contribution in [1.82, 2.24) is 10.3 Å². The average molecular weight is 399 g/mol. The number of carbonyl (C=O) groups is 2. The first-order chi connectivity index (χ1) is 12.8. The Morgan fingerprint density at radius 1 is 1.44 bits per heavy atom. The van der Waals surface area contributed by atoms with E-state index in [1.54, 1.807) is 6.92 Å². The summed E-state index contributed by atoms with van der Waals surface area (Å²) in [6.45, 7) is 1.59. The van der Waals surface area contributed by atoms with E-state index in [0.29, 0.717) is 17.8 Å². The fourth-order valence-corrected chi connectivity index (χ4v) is 2.76. The third-order valence-electron chi connectivity index (χ3n) is 3.03. The van der Waals surface area contributed by atoms with Crippen molar-refractivity contribution in [2.75, 3.05) is 12.4 Å². The fraction of sp³-hybridized carbons (Fsp3) is 0.250. The zero-order valence-corrected chi connectivity index (χ0v) is 14.6. The molecule has 2 heterocycles. The Bertz CT molecular complexity index is 876. The molecule has 0 atom stereocenters. The molecule has 27 heavy (non-hydrogen) atoms. The normalized spacial score (nSPS) is 10.9. The summed E-state index contributed by atoms with van der Waals surface area (Å²) in [5.41, 5.74) is -2.05. The molecule has 142 valence electrons. The zero-order valence-electron chi connectivity index (χ0n) is 13.8. The van der Waals surface area contributed by atoms with Gasteiger partial charge in [0.25, 0.3) is 0 Å². The lowest BCUT2D eigenvalue weighted by molar-refractivity contribution is -0.138. The van der Waals surface area contributed by atoms with Crippen LogP contribution in [0.25, 0.3) is 11.5 Å². The number of ether oxygens (including phenoxy) is 1. The van der Waals surface area contributed by atoms with E-state index in [9.17, 15) is 22.8 Å². The Balaban J connectivity index is 2.34. The van der Waals surface area contributed by atoms with E-state index >= 15 is 0 Å². The number of aromatic nitrogens is 1. The van der Waals surface area contributed by atoms with Gasteiger partial charge in [-0.3, -0.25) is 10.1 Å². The molecule has 11 heteroatoms. The molecule has 1 N–H and O–H groups in total. The molecule has 0 saturated carbocycles. The number of nitriles is 1. The Morgan fingerprint density at radius 3 is 2.74 bits per heavy atom. The van der Waals surface area contributed by atoms with Crippen LogP contribution in [0.2, 0.25) is 0 Å². The first-order valence-corrected chi connectivity index (χ1v) is 8.40. The number of carbonyl (C=O) groups excluding carboxylic acids is 2. The van der Waals surface area contributed by atoms with Crippen LogP contribution in [0.4, 0.5) is 18.0 Å². The Labute approximate surface area is 155 Å². The van der Waals surface area contributed by atoms with Gasteiger partial charge in [0.2, 0.25) is 5.91 Å². The van der Waals surface area contributed by atoms with Gasteiger partial charge in [0.1, 0.15) is 16.8 Å². The first kappa shape index (κ1) is 20.3. The number of amides is 2. The number of furan rings is 1. The van der Waals surface area contributed by atoms with Crippen molar-refractivity contribution < 1.29 is 31.9 Å². The summed E-state index contributed by atoms with van der Waals surface area (Å²) in [4.78, 5) is 26.9. The van der Waals surface area contributed by atoms with E-state index in [2.05, 4.69) is 9.72 Å². The lowest BCUT2D eigenvalue weighted by Gasteiger charge is -2.13. The van der Waals surface area contributed by atoms with E-state index in [1.165, 1.54) is 24.5 Å². The number of alkyl carbamates (subject to hydrolysis) is 1. The molecule has 2 rings (SSSR count). The molecule has 0 aliphatic carbocycles. The minimum atomic E-state index is -4.81. The standard InChI is InChI=1S/C16H12F3N3O4S/c1-2-25-15(24)22-13(23)8-27-14-9(7-20)10(16(17,18)19)6-11(21-14)12-4-3-5-26-12/h3-6H,2,8H2,1H3,(H,22,23,24). The third kappa shape index (κ3) is 5.24. The summed E-state index contributed by atoms with van der Waals surface area (Å²) in [7, 11) is 0. The maximum atomic E-state index is 13.3. The maximum Gasteiger partial charge on any atom is 0.417 e. The van der Waals surface area contributed by atoms with Crippen LogP contribution in [-0.4, -0.2) is 29.3 Å². The van der Waals surface area contributed by atoms with Crippen molar-refractivity contribution in [3.8, 4) is 17.5 Å². The topological polar surface area (TPSA) is 105 Å². The molecule has 0 aliphatic heterocycles. The van der Waals surface area contributed by atoms with Crippen LogP contribution >= 0.6 is 11.8 Å². The van der Waals surface area contributed by atoms with Gasteiger partial charge in [-0.15, -0.1) is 0 Å². The number of nitrogens with one attached hydrogen (secondary N) is 1. The zero-order chi connectivity index (χ0) is 20.0. The van der Waals surface area contributed by atoms with Gasteiger partial charge in [-0.1, -0.05) is 11.8 Å². The molecule has 0 unspecified atom stereocenters. The van der Waals surface area contributed by atoms with E-state index in [0.717, 1.165) is 0 Å². The van der Waals surface area contributed by atoms with Crippen molar-refractivity contribution in [1.29, 1.82) is 5.26 Å². The number of halogens is 3. The monoisotopic (exact) mass is 399 g/mol. The predicted octanol–water partition coefficient (Wildman–Crippen LogP) is 3.60. The minimum absolute atomic E-state index is 0.0481. The maximum absolute atomic E-state index is 13.3. The number of alkyl halides is 3. The second-order valence-corrected chi connectivity index (χ2v) is 5.84. The molecule has 0 radical (unpaired) electrons. The first-order valence-electron chi connectivity index (χ1n) is 7.41. The second-order valence-electron chi connectivity index (χ2n) is 4.88. The van der Waals surface area contributed by atoms with E-state index in [-0.39, 0.29) is 23.1 Å². The number of pyridine rings is 1. The van der Waals surface area contributed by atoms with Gasteiger partial charge in [-0.25, -0.2) is 9.78 Å². The van der Waals surface area contributed by atoms with Crippen LogP contribution in [-0.2, 0) is 15.7 Å². The fourth-order valence-electron chi connectivity index (χ4n) is 1.96. The summed E-state index contributed by atoms with van der Waals surface area (Å²) in [6.07, 6.45) is -4.52. The predicted molar refractivity (Wildman–Crippen MR) is 87.5 cm³/mol. The average Bonchev–Trinajstić information content (AvgIpc) is 3.13. The number of hydrogen-bond donors (Lipinski definition) is 1. The highest BCUT2D eigenvalue weighted by atomic mass is 32.2. The van der Waals surface area contributed by atoms with Crippen LogP contribution < -0.4 is 5.32 Å². The van der Waals surface area contributed by atoms with E-state index in [4.69, 9.17) is 9.68 Å². The Hall–Kier alpha value is -3.00. The lowest BCUT2D eigenvalue weighted by atomic mass is 10.1. The molecule has 7 nitrogen and oxygen atoms in total. The summed E-state index contributed by atoms with van der Waals surface area (Å²) in [6, 6.07) is 5.07. The van der Waals surface area contributed by atoms with Gasteiger partial charge >= 0.3 is 12.3 Å². The summed E-state index contributed by atoms with van der Waals surface area (Å²) >= 11 is 0.586. The SMILES string of the molecule is CCOC(=O)NC(=O)CSc1nc(-c2ccco2)cc(C(F)(F)F)c1C#N. The molecule has 0 bridgehead atoms. The molecule has 0 aromatic carbocycles. The van der Waals surface area contributed by atoms with Crippen LogP contribution in [0, 0.1) is 11.3 Å². The largest absolute Gasteiger partial charge is 0.463 e. The van der Waals surface area contributed by atoms with Crippen molar-refractivity contribution >= 4 is 23.8 Å². The highest BCUT2D eigenvalue weighted by Crippen LogP contribution is 2.37. The quantitative estimate of drug-likeness (QED) is 0.766. The van der Waals surface area contributed by atoms with Crippen LogP contribution in [0.3, 0.4) is 0 Å². The van der Waals surface area contributed by atoms with Crippen LogP contribution in [0.1, 0.15) is 18.1 Å². The van der Waals surface area contributed by atoms with Crippen molar-refractivity contribution in [3.63, 3.8) is 0 Å². The van der Waals surface area contributed by atoms with Crippen molar-refractivity contribution in [2.45, 2.75) is 18.1 Å². The molecule has 0 spiro atoms. The van der Waals surface area contributed by atoms with Gasteiger partial charge in [0.05, 0.1) is 29.7 Å². The van der Waals surface area contributed by atoms with Crippen LogP contribution in [0.15, 0.2) is 33.9 Å². The summed E-state index contributed by atoms with van der Waals surface area (Å²) in [5, 5.41) is 10.8. The highest BCUT2D eigenvalue weighted by molar-refractivity contribution is 8.00. The van der Waals surface area contributed by atoms with Gasteiger partial charge in [0, 0.05) is 0 Å². The molecular weight excluding hydrogens is 387 g/mol. The smallest absolute Gasteiger partial charge is 0.417 e. The van der Waals surface area contributed by atoms with Gasteiger partial charge < -0.3 is 9.15 Å². The molecule has 2 aromatic heterocycles. The Kier molecular flexibility index (Phi) is 6.46. The molecule has 0 aliphatic rings. The van der Waals surface area contributed by atoms with Crippen molar-refractivity contribution in [3.05, 3.63) is 35.6 Å². The van der Waals surface area contributed by atoms with E-state index < -0.39 is 35.1 Å². The molecule has 0 saturated heterocycles. The van der Waals surface area contributed by atoms with Crippen LogP contribution in [0.5, 0.6) is 0 Å². The number of nitrogens with zero attached hydrogens (tertiary/aromatic N) is 2. The molecular formula is C16H12F3N3O4S. The van der Waals surface area contributed by atoms with Gasteiger partial charge in [-0.05, 0) is 25.1 Å². The number of hydrogen-bond acceptors (Lipinski definition) is 7. The molecule has 2 amide bonds. The second kappa shape index (κ2) is 8.59. The molecule has 0 fully saturated rings. The summed E-state index contributed by atoms with van der Waals surface area (Å²) < 4.78 is 49.6. The number of rotatable bonds is 5. The van der Waals surface area contributed by atoms with E-state index in [1.807, 2.05) is 5.32 Å². The Morgan fingerprint density at radius 2 is 2.19 bits per heavy atom. The van der Waals surface area contributed by atoms with Gasteiger partial charge in [-0.2, -0.15) is 18.4 Å². The third-order valence-corrected chi connectivity index (χ3v) is 4.01. The van der Waals surface area contributed by atoms with Gasteiger partial charge in [0.15, 0.2) is 5.76 Å². The summed E-state index contributed by atoms with van der Waals surface area (Å²) in [5.74, 6) is -1.18. The lowest BCUT2D eigenvalue weighted by Crippen LogP contribution is -2.32. The number of imide groups is 1. The number of thioether (sulfide) groups is 1. The minimum Gasteiger partial charge on any atom is -0.463 e. The highest BCUT2D eigenvalue weighted by Gasteiger charge is 2.36. The molecule has 2 aromatic rings.